The third-order valence-corrected chi connectivity index (χ3v) is 8.75. The highest BCUT2D eigenvalue weighted by atomic mass is 35.5. The number of halogens is 2. The van der Waals surface area contributed by atoms with Gasteiger partial charge in [-0.2, -0.15) is 0 Å². The van der Waals surface area contributed by atoms with Gasteiger partial charge in [0.25, 0.3) is 0 Å². The Balaban J connectivity index is 1.18. The lowest BCUT2D eigenvalue weighted by Crippen LogP contribution is -2.33. The Morgan fingerprint density at radius 2 is 2.07 bits per heavy atom. The van der Waals surface area contributed by atoms with Crippen molar-refractivity contribution in [3.63, 3.8) is 0 Å². The van der Waals surface area contributed by atoms with E-state index in [1.807, 2.05) is 29.2 Å². The van der Waals surface area contributed by atoms with E-state index in [2.05, 4.69) is 40.3 Å². The minimum absolute atomic E-state index is 0.0391. The molecule has 3 aromatic carbocycles. The Morgan fingerprint density at radius 1 is 1.19 bits per heavy atom. The maximum Gasteiger partial charge on any atom is 0.246 e. The lowest BCUT2D eigenvalue weighted by Gasteiger charge is -2.19. The summed E-state index contributed by atoms with van der Waals surface area (Å²) in [5, 5.41) is 5.73. The van der Waals surface area contributed by atoms with Gasteiger partial charge in [0.1, 0.15) is 35.1 Å². The highest BCUT2D eigenvalue weighted by molar-refractivity contribution is 7.25. The number of anilines is 2. The van der Waals surface area contributed by atoms with Crippen molar-refractivity contribution in [2.75, 3.05) is 32.5 Å². The molecule has 1 N–H and O–H groups in total. The summed E-state index contributed by atoms with van der Waals surface area (Å²) in [5.74, 6) is 0.898. The van der Waals surface area contributed by atoms with Gasteiger partial charge in [-0.1, -0.05) is 35.9 Å². The van der Waals surface area contributed by atoms with Crippen molar-refractivity contribution in [3.05, 3.63) is 95.0 Å². The Labute approximate surface area is 252 Å². The molecule has 1 fully saturated rings. The third kappa shape index (κ3) is 6.09. The molecule has 1 atom stereocenters. The van der Waals surface area contributed by atoms with Crippen LogP contribution in [0.5, 0.6) is 5.75 Å². The molecule has 214 valence electrons. The Morgan fingerprint density at radius 3 is 2.86 bits per heavy atom. The minimum atomic E-state index is -0.308. The maximum atomic E-state index is 13.5. The highest BCUT2D eigenvalue weighted by Crippen LogP contribution is 2.38. The molecule has 2 aromatic heterocycles. The van der Waals surface area contributed by atoms with E-state index < -0.39 is 0 Å². The van der Waals surface area contributed by atoms with E-state index in [1.165, 1.54) is 18.5 Å². The lowest BCUT2D eigenvalue weighted by atomic mass is 10.1. The van der Waals surface area contributed by atoms with Crippen molar-refractivity contribution in [1.82, 2.24) is 19.8 Å². The van der Waals surface area contributed by atoms with E-state index in [0.29, 0.717) is 22.6 Å². The summed E-state index contributed by atoms with van der Waals surface area (Å²) in [7, 11) is 4.11. The van der Waals surface area contributed by atoms with E-state index in [-0.39, 0.29) is 18.3 Å². The second-order valence-corrected chi connectivity index (χ2v) is 11.9. The van der Waals surface area contributed by atoms with Crippen LogP contribution in [0, 0.1) is 5.82 Å². The molecule has 42 heavy (non-hydrogen) atoms. The molecule has 7 nitrogen and oxygen atoms in total. The zero-order valence-electron chi connectivity index (χ0n) is 23.2. The molecule has 10 heteroatoms. The molecule has 1 saturated heterocycles. The first-order valence-electron chi connectivity index (χ1n) is 13.6. The molecule has 6 rings (SSSR count). The zero-order valence-corrected chi connectivity index (χ0v) is 24.8. The topological polar surface area (TPSA) is 70.6 Å². The number of nitrogens with one attached hydrogen (secondary N) is 1. The van der Waals surface area contributed by atoms with Crippen molar-refractivity contribution in [3.8, 4) is 5.75 Å². The maximum absolute atomic E-state index is 13.5. The van der Waals surface area contributed by atoms with Gasteiger partial charge >= 0.3 is 0 Å². The molecule has 0 radical (unpaired) electrons. The van der Waals surface area contributed by atoms with Crippen LogP contribution >= 0.6 is 22.9 Å². The van der Waals surface area contributed by atoms with Crippen LogP contribution in [0.15, 0.2) is 73.1 Å². The van der Waals surface area contributed by atoms with Gasteiger partial charge in [-0.25, -0.2) is 14.4 Å². The molecule has 0 bridgehead atoms. The summed E-state index contributed by atoms with van der Waals surface area (Å²) < 4.78 is 20.3. The fourth-order valence-electron chi connectivity index (χ4n) is 5.08. The molecule has 5 aromatic rings. The number of hydrogen-bond acceptors (Lipinski definition) is 7. The van der Waals surface area contributed by atoms with E-state index in [4.69, 9.17) is 16.3 Å². The van der Waals surface area contributed by atoms with E-state index in [0.717, 1.165) is 56.6 Å². The van der Waals surface area contributed by atoms with Crippen LogP contribution in [0.3, 0.4) is 0 Å². The van der Waals surface area contributed by atoms with Gasteiger partial charge in [-0.3, -0.25) is 4.79 Å². The number of hydrogen-bond donors (Lipinski definition) is 1. The average Bonchev–Trinajstić information content (AvgIpc) is 3.61. The number of benzene rings is 3. The molecule has 3 heterocycles. The van der Waals surface area contributed by atoms with Crippen LogP contribution in [-0.2, 0) is 11.4 Å². The molecule has 1 amide bonds. The summed E-state index contributed by atoms with van der Waals surface area (Å²) in [6.07, 6.45) is 6.07. The van der Waals surface area contributed by atoms with Crippen molar-refractivity contribution in [2.45, 2.75) is 19.1 Å². The fourth-order valence-corrected chi connectivity index (χ4v) is 6.41. The largest absolute Gasteiger partial charge is 0.487 e. The molecule has 0 saturated carbocycles. The third-order valence-electron chi connectivity index (χ3n) is 7.40. The quantitative estimate of drug-likeness (QED) is 0.191. The number of likely N-dealkylation sites (tertiary alicyclic amines) is 1. The number of nitrogens with zero attached hydrogens (tertiary/aromatic N) is 4. The predicted molar refractivity (Wildman–Crippen MR) is 168 cm³/mol. The number of fused-ring (bicyclic) bond motifs is 3. The molecule has 0 aliphatic carbocycles. The predicted octanol–water partition coefficient (Wildman–Crippen LogP) is 7.14. The Hall–Kier alpha value is -4.05. The number of ether oxygens (including phenoxy) is 1. The van der Waals surface area contributed by atoms with Crippen molar-refractivity contribution < 1.29 is 13.9 Å². The standard InChI is InChI=1S/C32H29ClFN5O2S/c1-38(2)24-12-13-39(17-24)29(40)11-7-20-6-9-25-28(15-20)42-32-30(25)31(35-19-36-32)37-23-8-10-27(26(33)16-23)41-18-21-4-3-5-22(34)14-21/h3-11,14-16,19,24H,12-13,17-18H2,1-2H3,(H,35,36,37)/b11-7+/t24-/m0/s1. The van der Waals surface area contributed by atoms with Gasteiger partial charge in [0, 0.05) is 41.0 Å². The monoisotopic (exact) mass is 601 g/mol. The zero-order chi connectivity index (χ0) is 29.2. The SMILES string of the molecule is CN(C)[C@H]1CCN(C(=O)/C=C/c2ccc3c(c2)sc2ncnc(Nc4ccc(OCc5cccc(F)c5)c(Cl)c4)c23)C1. The van der Waals surface area contributed by atoms with E-state index >= 15 is 0 Å². The number of carbonyl (C=O) groups is 1. The number of aromatic nitrogens is 2. The Bertz CT molecular complexity index is 1810. The number of carbonyl (C=O) groups excluding carboxylic acids is 1. The molecular weight excluding hydrogens is 573 g/mol. The van der Waals surface area contributed by atoms with Crippen molar-refractivity contribution in [2.24, 2.45) is 0 Å². The van der Waals surface area contributed by atoms with Gasteiger partial charge in [-0.05, 0) is 74.1 Å². The molecular formula is C32H29ClFN5O2S. The second kappa shape index (κ2) is 12.1. The lowest BCUT2D eigenvalue weighted by molar-refractivity contribution is -0.125. The fraction of sp³-hybridized carbons (Fsp3) is 0.219. The van der Waals surface area contributed by atoms with Crippen LogP contribution < -0.4 is 10.1 Å². The van der Waals surface area contributed by atoms with Gasteiger partial charge in [0.15, 0.2) is 0 Å². The van der Waals surface area contributed by atoms with E-state index in [1.54, 1.807) is 41.7 Å². The van der Waals surface area contributed by atoms with Crippen molar-refractivity contribution in [1.29, 1.82) is 0 Å². The smallest absolute Gasteiger partial charge is 0.246 e. The summed E-state index contributed by atoms with van der Waals surface area (Å²) >= 11 is 8.09. The first-order chi connectivity index (χ1) is 20.3. The van der Waals surface area contributed by atoms with Gasteiger partial charge < -0.3 is 19.9 Å². The highest BCUT2D eigenvalue weighted by Gasteiger charge is 2.26. The summed E-state index contributed by atoms with van der Waals surface area (Å²) in [5.41, 5.74) is 2.42. The molecule has 0 unspecified atom stereocenters. The average molecular weight is 602 g/mol. The number of likely N-dealkylation sites (N-methyl/N-ethyl adjacent to an activating group) is 1. The van der Waals surface area contributed by atoms with Crippen LogP contribution in [0.2, 0.25) is 5.02 Å². The minimum Gasteiger partial charge on any atom is -0.487 e. The summed E-state index contributed by atoms with van der Waals surface area (Å²) in [4.78, 5) is 26.7. The Kier molecular flexibility index (Phi) is 8.06. The van der Waals surface area contributed by atoms with Gasteiger partial charge in [0.05, 0.1) is 10.4 Å². The van der Waals surface area contributed by atoms with E-state index in [9.17, 15) is 9.18 Å². The first kappa shape index (κ1) is 28.1. The van der Waals surface area contributed by atoms with Crippen LogP contribution in [0.1, 0.15) is 17.5 Å². The number of thiophene rings is 1. The first-order valence-corrected chi connectivity index (χ1v) is 14.8. The molecule has 1 aliphatic heterocycles. The van der Waals surface area contributed by atoms with Crippen LogP contribution in [-0.4, -0.2) is 58.9 Å². The molecule has 0 spiro atoms. The number of rotatable bonds is 8. The number of amides is 1. The summed E-state index contributed by atoms with van der Waals surface area (Å²) in [6.45, 7) is 1.75. The van der Waals surface area contributed by atoms with Crippen LogP contribution in [0.4, 0.5) is 15.9 Å². The van der Waals surface area contributed by atoms with Gasteiger partial charge in [-0.15, -0.1) is 11.3 Å². The summed E-state index contributed by atoms with van der Waals surface area (Å²) in [6, 6.07) is 18.2. The van der Waals surface area contributed by atoms with Crippen molar-refractivity contribution >= 4 is 66.7 Å². The molecule has 1 aliphatic rings. The second-order valence-electron chi connectivity index (χ2n) is 10.5. The normalized spacial score (nSPS) is 15.4. The van der Waals surface area contributed by atoms with Gasteiger partial charge in [0.2, 0.25) is 5.91 Å². The van der Waals surface area contributed by atoms with Crippen LogP contribution in [0.25, 0.3) is 26.4 Å².